The second-order valence-corrected chi connectivity index (χ2v) is 3.20. The molecule has 0 spiro atoms. The van der Waals surface area contributed by atoms with Gasteiger partial charge in [-0.2, -0.15) is 0 Å². The average Bonchev–Trinajstić information content (AvgIpc) is 1.94. The van der Waals surface area contributed by atoms with Crippen LogP contribution in [0.25, 0.3) is 0 Å². The molecule has 0 radical (unpaired) electrons. The molecule has 1 nitrogen and oxygen atoms in total. The molecule has 0 aliphatic carbocycles. The lowest BCUT2D eigenvalue weighted by Crippen LogP contribution is -1.90. The molecule has 1 aromatic carbocycles. The maximum Gasteiger partial charge on any atom is 0.115 e. The zero-order valence-electron chi connectivity index (χ0n) is 7.26. The maximum absolute atomic E-state index is 9.19. The van der Waals surface area contributed by atoms with Crippen LogP contribution in [0.15, 0.2) is 18.2 Å². The fraction of sp³-hybridized carbons (Fsp3) is 0.400. The van der Waals surface area contributed by atoms with Crippen LogP contribution in [0.4, 0.5) is 0 Å². The van der Waals surface area contributed by atoms with Crippen LogP contribution in [-0.4, -0.2) is 5.11 Å². The summed E-state index contributed by atoms with van der Waals surface area (Å²) < 4.78 is 0. The summed E-state index contributed by atoms with van der Waals surface area (Å²) in [5, 5.41) is 9.19. The molecule has 0 saturated carbocycles. The highest BCUT2D eigenvalue weighted by atomic mass is 16.3. The molecule has 0 heterocycles. The van der Waals surface area contributed by atoms with E-state index in [4.69, 9.17) is 0 Å². The molecule has 0 saturated heterocycles. The van der Waals surface area contributed by atoms with Crippen molar-refractivity contribution < 1.29 is 5.11 Å². The summed E-state index contributed by atoms with van der Waals surface area (Å²) in [6, 6.07) is 5.51. The van der Waals surface area contributed by atoms with Crippen LogP contribution in [0.2, 0.25) is 0 Å². The van der Waals surface area contributed by atoms with Gasteiger partial charge in [0, 0.05) is 0 Å². The van der Waals surface area contributed by atoms with Crippen molar-refractivity contribution in [2.45, 2.75) is 26.7 Å². The number of aromatic hydroxyl groups is 1. The predicted molar refractivity (Wildman–Crippen MR) is 46.9 cm³/mol. The molecule has 60 valence electrons. The van der Waals surface area contributed by atoms with Gasteiger partial charge in [-0.15, -0.1) is 0 Å². The summed E-state index contributed by atoms with van der Waals surface area (Å²) in [6.07, 6.45) is 0. The fourth-order valence-corrected chi connectivity index (χ4v) is 1.25. The first-order valence-electron chi connectivity index (χ1n) is 3.91. The molecular weight excluding hydrogens is 136 g/mol. The minimum Gasteiger partial charge on any atom is -0.508 e. The van der Waals surface area contributed by atoms with Crippen molar-refractivity contribution in [3.63, 3.8) is 0 Å². The van der Waals surface area contributed by atoms with Crippen LogP contribution < -0.4 is 0 Å². The summed E-state index contributed by atoms with van der Waals surface area (Å²) in [6.45, 7) is 6.32. The van der Waals surface area contributed by atoms with E-state index < -0.39 is 0 Å². The van der Waals surface area contributed by atoms with Crippen molar-refractivity contribution >= 4 is 0 Å². The zero-order chi connectivity index (χ0) is 8.43. The van der Waals surface area contributed by atoms with Gasteiger partial charge in [0.1, 0.15) is 5.75 Å². The van der Waals surface area contributed by atoms with Crippen molar-refractivity contribution in [2.75, 3.05) is 0 Å². The summed E-state index contributed by atoms with van der Waals surface area (Å²) in [5.41, 5.74) is 2.47. The molecule has 1 N–H and O–H groups in total. The third-order valence-electron chi connectivity index (χ3n) is 1.88. The second kappa shape index (κ2) is 2.95. The van der Waals surface area contributed by atoms with Gasteiger partial charge in [-0.25, -0.2) is 0 Å². The Kier molecular flexibility index (Phi) is 2.18. The normalized spacial score (nSPS) is 10.5. The monoisotopic (exact) mass is 150 g/mol. The molecule has 1 heteroatoms. The first-order chi connectivity index (χ1) is 5.11. The van der Waals surface area contributed by atoms with Gasteiger partial charge in [0.25, 0.3) is 0 Å². The predicted octanol–water partition coefficient (Wildman–Crippen LogP) is 2.82. The van der Waals surface area contributed by atoms with Crippen molar-refractivity contribution in [3.8, 4) is 5.75 Å². The van der Waals surface area contributed by atoms with Gasteiger partial charge in [-0.3, -0.25) is 0 Å². The van der Waals surface area contributed by atoms with Crippen LogP contribution >= 0.6 is 0 Å². The van der Waals surface area contributed by atoms with E-state index in [0.29, 0.717) is 11.7 Å². The highest BCUT2D eigenvalue weighted by molar-refractivity contribution is 5.35. The van der Waals surface area contributed by atoms with E-state index in [1.807, 2.05) is 12.1 Å². The Balaban J connectivity index is 3.13. The first-order valence-corrected chi connectivity index (χ1v) is 3.91. The number of benzene rings is 1. The Morgan fingerprint density at radius 3 is 2.36 bits per heavy atom. The number of hydrogen-bond acceptors (Lipinski definition) is 1. The van der Waals surface area contributed by atoms with Gasteiger partial charge in [-0.1, -0.05) is 19.9 Å². The number of rotatable bonds is 1. The van der Waals surface area contributed by atoms with Gasteiger partial charge in [0.05, 0.1) is 0 Å². The molecule has 11 heavy (non-hydrogen) atoms. The summed E-state index contributed by atoms with van der Waals surface area (Å²) in [7, 11) is 0. The lowest BCUT2D eigenvalue weighted by molar-refractivity contribution is 0.474. The van der Waals surface area contributed by atoms with Gasteiger partial charge in [0.2, 0.25) is 0 Å². The van der Waals surface area contributed by atoms with Crippen LogP contribution in [0.5, 0.6) is 5.75 Å². The average molecular weight is 150 g/mol. The standard InChI is InChI=1S/C10H14O/c1-7(2)10-6-9(11)5-4-8(10)3/h4-7,11H,1-3H3. The van der Waals surface area contributed by atoms with E-state index in [1.54, 1.807) is 6.07 Å². The first kappa shape index (κ1) is 8.12. The van der Waals surface area contributed by atoms with Gasteiger partial charge < -0.3 is 5.11 Å². The van der Waals surface area contributed by atoms with Crippen LogP contribution in [0.3, 0.4) is 0 Å². The fourth-order valence-electron chi connectivity index (χ4n) is 1.25. The molecule has 0 aliphatic rings. The molecule has 0 aliphatic heterocycles. The quantitative estimate of drug-likeness (QED) is 0.652. The van der Waals surface area contributed by atoms with E-state index in [-0.39, 0.29) is 0 Å². The molecule has 0 amide bonds. The van der Waals surface area contributed by atoms with Gasteiger partial charge in [0.15, 0.2) is 0 Å². The smallest absolute Gasteiger partial charge is 0.115 e. The molecule has 1 rings (SSSR count). The Morgan fingerprint density at radius 1 is 1.27 bits per heavy atom. The Labute approximate surface area is 67.7 Å². The number of aryl methyl sites for hydroxylation is 1. The molecule has 0 bridgehead atoms. The van der Waals surface area contributed by atoms with E-state index in [0.717, 1.165) is 0 Å². The Bertz CT molecular complexity index is 251. The van der Waals surface area contributed by atoms with Crippen molar-refractivity contribution in [1.29, 1.82) is 0 Å². The van der Waals surface area contributed by atoms with Crippen molar-refractivity contribution in [3.05, 3.63) is 29.3 Å². The lowest BCUT2D eigenvalue weighted by Gasteiger charge is -2.08. The minimum absolute atomic E-state index is 0.360. The van der Waals surface area contributed by atoms with E-state index in [2.05, 4.69) is 20.8 Å². The van der Waals surface area contributed by atoms with E-state index >= 15 is 0 Å². The Morgan fingerprint density at radius 2 is 1.91 bits per heavy atom. The number of phenolic OH excluding ortho intramolecular Hbond substituents is 1. The topological polar surface area (TPSA) is 20.2 Å². The molecular formula is C10H14O. The summed E-state index contributed by atoms with van der Waals surface area (Å²) in [4.78, 5) is 0. The molecule has 0 atom stereocenters. The lowest BCUT2D eigenvalue weighted by atomic mass is 9.98. The second-order valence-electron chi connectivity index (χ2n) is 3.20. The molecule has 0 aromatic heterocycles. The minimum atomic E-state index is 0.360. The van der Waals surface area contributed by atoms with Crippen LogP contribution in [0.1, 0.15) is 30.9 Å². The number of hydrogen-bond donors (Lipinski definition) is 1. The summed E-state index contributed by atoms with van der Waals surface area (Å²) in [5.74, 6) is 0.849. The molecule has 0 unspecified atom stereocenters. The van der Waals surface area contributed by atoms with Gasteiger partial charge in [-0.05, 0) is 36.1 Å². The molecule has 1 aromatic rings. The van der Waals surface area contributed by atoms with Crippen LogP contribution in [-0.2, 0) is 0 Å². The highest BCUT2D eigenvalue weighted by Crippen LogP contribution is 2.22. The van der Waals surface area contributed by atoms with Crippen LogP contribution in [0, 0.1) is 6.92 Å². The van der Waals surface area contributed by atoms with Crippen molar-refractivity contribution in [2.24, 2.45) is 0 Å². The van der Waals surface area contributed by atoms with E-state index in [9.17, 15) is 5.11 Å². The van der Waals surface area contributed by atoms with Gasteiger partial charge >= 0.3 is 0 Å². The maximum atomic E-state index is 9.19. The van der Waals surface area contributed by atoms with Crippen molar-refractivity contribution in [1.82, 2.24) is 0 Å². The summed E-state index contributed by atoms with van der Waals surface area (Å²) >= 11 is 0. The SMILES string of the molecule is Cc1ccc(O)cc1C(C)C. The van der Waals surface area contributed by atoms with E-state index in [1.165, 1.54) is 11.1 Å². The Hall–Kier alpha value is -0.980. The molecule has 0 fully saturated rings. The third-order valence-corrected chi connectivity index (χ3v) is 1.88. The number of phenols is 1. The highest BCUT2D eigenvalue weighted by Gasteiger charge is 2.02. The third kappa shape index (κ3) is 1.73. The largest absolute Gasteiger partial charge is 0.508 e. The zero-order valence-corrected chi connectivity index (χ0v) is 7.26.